The van der Waals surface area contributed by atoms with Crippen molar-refractivity contribution < 1.29 is 9.53 Å². The van der Waals surface area contributed by atoms with Crippen LogP contribution in [0.4, 0.5) is 5.13 Å². The molecular weight excluding hydrogens is 478 g/mol. The molecule has 0 fully saturated rings. The molecule has 9 heteroatoms. The summed E-state index contributed by atoms with van der Waals surface area (Å²) in [5.74, 6) is 1.61. The Morgan fingerprint density at radius 1 is 1.11 bits per heavy atom. The van der Waals surface area contributed by atoms with Crippen molar-refractivity contribution in [1.82, 2.24) is 19.7 Å². The molecule has 4 rings (SSSR count). The van der Waals surface area contributed by atoms with Crippen LogP contribution in [-0.2, 0) is 17.8 Å². The van der Waals surface area contributed by atoms with Gasteiger partial charge >= 0.3 is 0 Å². The van der Waals surface area contributed by atoms with E-state index in [0.717, 1.165) is 29.3 Å². The number of ether oxygens (including phenoxy) is 1. The third kappa shape index (κ3) is 6.29. The summed E-state index contributed by atoms with van der Waals surface area (Å²) in [4.78, 5) is 17.1. The fourth-order valence-electron chi connectivity index (χ4n) is 3.54. The molecule has 2 aromatic carbocycles. The monoisotopic (exact) mass is 507 g/mol. The highest BCUT2D eigenvalue weighted by Crippen LogP contribution is 2.27. The van der Waals surface area contributed by atoms with Crippen LogP contribution in [0.1, 0.15) is 43.8 Å². The number of hydrogen-bond donors (Lipinski definition) is 1. The van der Waals surface area contributed by atoms with Crippen LogP contribution in [-0.4, -0.2) is 31.4 Å². The van der Waals surface area contributed by atoms with Crippen molar-refractivity contribution in [1.29, 1.82) is 0 Å². The summed E-state index contributed by atoms with van der Waals surface area (Å²) < 4.78 is 8.07. The number of nitrogens with zero attached hydrogens (tertiary/aromatic N) is 4. The van der Waals surface area contributed by atoms with E-state index >= 15 is 0 Å². The lowest BCUT2D eigenvalue weighted by Crippen LogP contribution is -2.15. The number of thioether (sulfide) groups is 1. The Bertz CT molecular complexity index is 1270. The molecule has 0 bridgehead atoms. The van der Waals surface area contributed by atoms with E-state index in [0.29, 0.717) is 16.8 Å². The van der Waals surface area contributed by atoms with Crippen molar-refractivity contribution in [3.05, 3.63) is 70.9 Å². The maximum Gasteiger partial charge on any atom is 0.236 e. The number of thiazole rings is 1. The van der Waals surface area contributed by atoms with E-state index in [1.807, 2.05) is 48.1 Å². The molecule has 0 radical (unpaired) electrons. The molecular formula is C26H29N5O2S2. The Morgan fingerprint density at radius 3 is 2.54 bits per heavy atom. The molecule has 182 valence electrons. The first kappa shape index (κ1) is 24.9. The number of amides is 1. The smallest absolute Gasteiger partial charge is 0.236 e. The second kappa shape index (κ2) is 11.5. The van der Waals surface area contributed by atoms with Crippen molar-refractivity contribution in [2.24, 2.45) is 0 Å². The molecule has 0 spiro atoms. The summed E-state index contributed by atoms with van der Waals surface area (Å²) in [6.45, 7) is 8.85. The van der Waals surface area contributed by atoms with Gasteiger partial charge in [0, 0.05) is 17.5 Å². The number of benzene rings is 2. The highest BCUT2D eigenvalue weighted by Gasteiger charge is 2.20. The van der Waals surface area contributed by atoms with Gasteiger partial charge in [0.2, 0.25) is 5.91 Å². The van der Waals surface area contributed by atoms with Crippen LogP contribution < -0.4 is 10.1 Å². The zero-order valence-corrected chi connectivity index (χ0v) is 21.9. The van der Waals surface area contributed by atoms with Crippen molar-refractivity contribution in [2.45, 2.75) is 51.9 Å². The van der Waals surface area contributed by atoms with Gasteiger partial charge in [-0.2, -0.15) is 0 Å². The molecule has 2 heterocycles. The highest BCUT2D eigenvalue weighted by molar-refractivity contribution is 7.99. The van der Waals surface area contributed by atoms with Crippen molar-refractivity contribution >= 4 is 34.1 Å². The summed E-state index contributed by atoms with van der Waals surface area (Å²) in [6, 6.07) is 16.3. The molecule has 0 saturated carbocycles. The van der Waals surface area contributed by atoms with Gasteiger partial charge in [0.25, 0.3) is 0 Å². The molecule has 0 aliphatic carbocycles. The Labute approximate surface area is 214 Å². The molecule has 0 saturated heterocycles. The van der Waals surface area contributed by atoms with Crippen LogP contribution >= 0.6 is 23.1 Å². The summed E-state index contributed by atoms with van der Waals surface area (Å²) in [5, 5.41) is 14.8. The standard InChI is InChI=1S/C26H29N5O2S2/c1-5-19-9-13-21(14-10-19)33-18(4)24-29-30-26(31(24)6-2)35-16-23(32)28-25-27-22(15-34-25)20-11-7-17(3)8-12-20/h7-15,18H,5-6,16H2,1-4H3,(H,27,28,32)/t18-/m1/s1. The van der Waals surface area contributed by atoms with Gasteiger partial charge in [-0.3, -0.25) is 4.79 Å². The molecule has 35 heavy (non-hydrogen) atoms. The molecule has 1 atom stereocenters. The van der Waals surface area contributed by atoms with Gasteiger partial charge in [-0.1, -0.05) is 60.6 Å². The van der Waals surface area contributed by atoms with Crippen LogP contribution in [0.5, 0.6) is 5.75 Å². The largest absolute Gasteiger partial charge is 0.483 e. The molecule has 0 aliphatic rings. The lowest BCUT2D eigenvalue weighted by Gasteiger charge is -2.15. The fraction of sp³-hybridized carbons (Fsp3) is 0.308. The predicted molar refractivity (Wildman–Crippen MR) is 142 cm³/mol. The molecule has 4 aromatic rings. The maximum absolute atomic E-state index is 12.6. The van der Waals surface area contributed by atoms with E-state index in [1.165, 1.54) is 34.2 Å². The zero-order valence-electron chi connectivity index (χ0n) is 20.3. The minimum Gasteiger partial charge on any atom is -0.483 e. The Kier molecular flexibility index (Phi) is 8.20. The summed E-state index contributed by atoms with van der Waals surface area (Å²) in [5.41, 5.74) is 4.35. The Balaban J connectivity index is 1.34. The topological polar surface area (TPSA) is 81.9 Å². The number of carbonyl (C=O) groups excluding carboxylic acids is 1. The Hall–Kier alpha value is -3.17. The van der Waals surface area contributed by atoms with Crippen molar-refractivity contribution in [2.75, 3.05) is 11.1 Å². The number of aromatic nitrogens is 4. The van der Waals surface area contributed by atoms with Gasteiger partial charge < -0.3 is 14.6 Å². The van der Waals surface area contributed by atoms with Crippen LogP contribution in [0.2, 0.25) is 0 Å². The lowest BCUT2D eigenvalue weighted by atomic mass is 10.1. The Morgan fingerprint density at radius 2 is 1.86 bits per heavy atom. The van der Waals surface area contributed by atoms with E-state index in [4.69, 9.17) is 4.74 Å². The second-order valence-electron chi connectivity index (χ2n) is 8.08. The molecule has 0 unspecified atom stereocenters. The number of hydrogen-bond acceptors (Lipinski definition) is 7. The predicted octanol–water partition coefficient (Wildman–Crippen LogP) is 6.16. The van der Waals surface area contributed by atoms with Gasteiger partial charge in [0.1, 0.15) is 5.75 Å². The first-order valence-electron chi connectivity index (χ1n) is 11.6. The quantitative estimate of drug-likeness (QED) is 0.259. The van der Waals surface area contributed by atoms with Gasteiger partial charge in [0.15, 0.2) is 22.2 Å². The van der Waals surface area contributed by atoms with Crippen LogP contribution in [0.15, 0.2) is 59.1 Å². The third-order valence-corrected chi connectivity index (χ3v) is 7.22. The number of carbonyl (C=O) groups is 1. The van der Waals surface area contributed by atoms with Crippen molar-refractivity contribution in [3.8, 4) is 17.0 Å². The number of anilines is 1. The third-order valence-electron chi connectivity index (χ3n) is 5.50. The lowest BCUT2D eigenvalue weighted by molar-refractivity contribution is -0.113. The van der Waals surface area contributed by atoms with Gasteiger partial charge in [-0.15, -0.1) is 21.5 Å². The molecule has 1 N–H and O–H groups in total. The molecule has 0 aliphatic heterocycles. The minimum atomic E-state index is -0.270. The average Bonchev–Trinajstić information content (AvgIpc) is 3.50. The van der Waals surface area contributed by atoms with Crippen LogP contribution in [0.25, 0.3) is 11.3 Å². The average molecular weight is 508 g/mol. The summed E-state index contributed by atoms with van der Waals surface area (Å²) in [6.07, 6.45) is 0.721. The number of nitrogens with one attached hydrogen (secondary N) is 1. The van der Waals surface area contributed by atoms with Crippen LogP contribution in [0.3, 0.4) is 0 Å². The second-order valence-corrected chi connectivity index (χ2v) is 9.88. The molecule has 2 aromatic heterocycles. The fourth-order valence-corrected chi connectivity index (χ4v) is 5.08. The van der Waals surface area contributed by atoms with E-state index < -0.39 is 0 Å². The van der Waals surface area contributed by atoms with Gasteiger partial charge in [-0.25, -0.2) is 4.98 Å². The molecule has 1 amide bonds. The van der Waals surface area contributed by atoms with Gasteiger partial charge in [0.05, 0.1) is 11.4 Å². The number of rotatable bonds is 10. The van der Waals surface area contributed by atoms with E-state index in [-0.39, 0.29) is 17.8 Å². The molecule has 7 nitrogen and oxygen atoms in total. The van der Waals surface area contributed by atoms with E-state index in [9.17, 15) is 4.79 Å². The highest BCUT2D eigenvalue weighted by atomic mass is 32.2. The van der Waals surface area contributed by atoms with Crippen molar-refractivity contribution in [3.63, 3.8) is 0 Å². The first-order chi connectivity index (χ1) is 17.0. The zero-order chi connectivity index (χ0) is 24.8. The van der Waals surface area contributed by atoms with E-state index in [2.05, 4.69) is 58.6 Å². The number of aryl methyl sites for hydroxylation is 2. The maximum atomic E-state index is 12.6. The van der Waals surface area contributed by atoms with Gasteiger partial charge in [-0.05, 0) is 44.9 Å². The SMILES string of the molecule is CCc1ccc(O[C@H](C)c2nnc(SCC(=O)Nc3nc(-c4ccc(C)cc4)cs3)n2CC)cc1. The van der Waals surface area contributed by atoms with Crippen LogP contribution in [0, 0.1) is 6.92 Å². The van der Waals surface area contributed by atoms with E-state index in [1.54, 1.807) is 0 Å². The summed E-state index contributed by atoms with van der Waals surface area (Å²) >= 11 is 2.77. The first-order valence-corrected chi connectivity index (χ1v) is 13.5. The summed E-state index contributed by atoms with van der Waals surface area (Å²) in [7, 11) is 0. The minimum absolute atomic E-state index is 0.132. The normalized spacial score (nSPS) is 11.9.